The number of fused-ring (bicyclic) bond motifs is 1. The minimum Gasteiger partial charge on any atom is -0.369 e. The number of anilines is 1. The second kappa shape index (κ2) is 6.95. The summed E-state index contributed by atoms with van der Waals surface area (Å²) in [7, 11) is 0. The van der Waals surface area contributed by atoms with Crippen LogP contribution in [0.15, 0.2) is 28.8 Å². The van der Waals surface area contributed by atoms with Crippen molar-refractivity contribution in [2.75, 3.05) is 31.1 Å². The zero-order chi connectivity index (χ0) is 18.1. The van der Waals surface area contributed by atoms with Crippen LogP contribution in [0.3, 0.4) is 0 Å². The molecule has 4 rings (SSSR count). The highest BCUT2D eigenvalue weighted by molar-refractivity contribution is 5.49. The van der Waals surface area contributed by atoms with E-state index in [-0.39, 0.29) is 0 Å². The first kappa shape index (κ1) is 17.4. The molecule has 0 radical (unpaired) electrons. The molecule has 0 spiro atoms. The summed E-state index contributed by atoms with van der Waals surface area (Å²) in [5.41, 5.74) is 2.36. The highest BCUT2D eigenvalue weighted by atomic mass is 19.4. The van der Waals surface area contributed by atoms with Crippen LogP contribution in [0.25, 0.3) is 0 Å². The zero-order valence-electron chi connectivity index (χ0n) is 14.6. The largest absolute Gasteiger partial charge is 0.416 e. The molecule has 2 heterocycles. The van der Waals surface area contributed by atoms with Crippen molar-refractivity contribution in [2.24, 2.45) is 0 Å². The molecular formula is C19H22F3N3O. The number of rotatable bonds is 3. The van der Waals surface area contributed by atoms with Crippen LogP contribution in [-0.4, -0.2) is 36.2 Å². The maximum absolute atomic E-state index is 12.9. The van der Waals surface area contributed by atoms with E-state index in [1.165, 1.54) is 24.1 Å². The third-order valence-electron chi connectivity index (χ3n) is 5.32. The summed E-state index contributed by atoms with van der Waals surface area (Å²) in [5.74, 6) is 1.04. The number of piperazine rings is 1. The molecule has 0 saturated carbocycles. The van der Waals surface area contributed by atoms with Gasteiger partial charge in [-0.1, -0.05) is 11.2 Å². The van der Waals surface area contributed by atoms with Crippen LogP contribution in [-0.2, 0) is 25.6 Å². The van der Waals surface area contributed by atoms with Crippen LogP contribution in [0.1, 0.15) is 35.4 Å². The van der Waals surface area contributed by atoms with Crippen molar-refractivity contribution in [3.05, 3.63) is 46.8 Å². The Bertz CT molecular complexity index is 764. The van der Waals surface area contributed by atoms with E-state index in [1.807, 2.05) is 4.90 Å². The summed E-state index contributed by atoms with van der Waals surface area (Å²) in [5, 5.41) is 4.25. The van der Waals surface area contributed by atoms with Gasteiger partial charge < -0.3 is 9.42 Å². The first-order valence-electron chi connectivity index (χ1n) is 9.11. The monoisotopic (exact) mass is 365 g/mol. The second-order valence-electron chi connectivity index (χ2n) is 7.05. The van der Waals surface area contributed by atoms with Gasteiger partial charge in [0.2, 0.25) is 0 Å². The van der Waals surface area contributed by atoms with Crippen molar-refractivity contribution in [1.29, 1.82) is 0 Å². The Kier molecular flexibility index (Phi) is 4.65. The molecule has 2 aliphatic rings. The van der Waals surface area contributed by atoms with Crippen molar-refractivity contribution in [3.63, 3.8) is 0 Å². The molecule has 1 fully saturated rings. The summed E-state index contributed by atoms with van der Waals surface area (Å²) in [6.45, 7) is 3.79. The third kappa shape index (κ3) is 3.58. The quantitative estimate of drug-likeness (QED) is 0.826. The lowest BCUT2D eigenvalue weighted by atomic mass is 9.96. The molecule has 0 amide bonds. The average molecular weight is 365 g/mol. The van der Waals surface area contributed by atoms with E-state index in [2.05, 4.69) is 10.1 Å². The third-order valence-corrected chi connectivity index (χ3v) is 5.32. The Balaban J connectivity index is 1.38. The van der Waals surface area contributed by atoms with Gasteiger partial charge >= 0.3 is 6.18 Å². The Hall–Kier alpha value is -2.02. The van der Waals surface area contributed by atoms with Gasteiger partial charge in [-0.3, -0.25) is 4.90 Å². The van der Waals surface area contributed by atoms with Crippen LogP contribution in [0, 0.1) is 0 Å². The van der Waals surface area contributed by atoms with E-state index in [0.29, 0.717) is 18.8 Å². The first-order chi connectivity index (χ1) is 12.5. The Morgan fingerprint density at radius 3 is 2.58 bits per heavy atom. The molecule has 1 aliphatic carbocycles. The molecule has 4 nitrogen and oxygen atoms in total. The molecule has 0 unspecified atom stereocenters. The fourth-order valence-electron chi connectivity index (χ4n) is 3.83. The van der Waals surface area contributed by atoms with Crippen LogP contribution in [0.4, 0.5) is 18.9 Å². The van der Waals surface area contributed by atoms with Crippen molar-refractivity contribution in [1.82, 2.24) is 10.1 Å². The summed E-state index contributed by atoms with van der Waals surface area (Å²) in [4.78, 5) is 4.32. The number of aryl methyl sites for hydroxylation is 1. The molecule has 0 atom stereocenters. The number of halogens is 3. The van der Waals surface area contributed by atoms with Gasteiger partial charge in [0.25, 0.3) is 0 Å². The summed E-state index contributed by atoms with van der Waals surface area (Å²) in [6.07, 6.45) is 0.0652. The topological polar surface area (TPSA) is 32.5 Å². The maximum atomic E-state index is 12.9. The molecule has 1 aromatic carbocycles. The summed E-state index contributed by atoms with van der Waals surface area (Å²) in [6, 6.07) is 5.59. The molecule has 7 heteroatoms. The molecule has 26 heavy (non-hydrogen) atoms. The van der Waals surface area contributed by atoms with Crippen LogP contribution in [0.5, 0.6) is 0 Å². The molecule has 1 aromatic heterocycles. The van der Waals surface area contributed by atoms with Gasteiger partial charge in [0.05, 0.1) is 5.56 Å². The minimum absolute atomic E-state index is 0.591. The predicted molar refractivity (Wildman–Crippen MR) is 92.1 cm³/mol. The van der Waals surface area contributed by atoms with Gasteiger partial charge in [-0.15, -0.1) is 0 Å². The molecule has 1 saturated heterocycles. The Labute approximate surface area is 150 Å². The lowest BCUT2D eigenvalue weighted by molar-refractivity contribution is -0.137. The maximum Gasteiger partial charge on any atom is 0.416 e. The molecule has 0 bridgehead atoms. The smallest absolute Gasteiger partial charge is 0.369 e. The van der Waals surface area contributed by atoms with Crippen molar-refractivity contribution in [2.45, 2.75) is 38.4 Å². The molecule has 2 aromatic rings. The Morgan fingerprint density at radius 1 is 1.04 bits per heavy atom. The van der Waals surface area contributed by atoms with Crippen molar-refractivity contribution < 1.29 is 17.7 Å². The van der Waals surface area contributed by atoms with Crippen molar-refractivity contribution in [3.8, 4) is 0 Å². The molecule has 0 N–H and O–H groups in total. The lowest BCUT2D eigenvalue weighted by Gasteiger charge is -2.36. The predicted octanol–water partition coefficient (Wildman–Crippen LogP) is 3.89. The SMILES string of the molecule is FC(F)(F)c1cccc(N2CCN(Cc3noc4c3CCCC4)CC2)c1. The van der Waals surface area contributed by atoms with Gasteiger partial charge in [0.15, 0.2) is 0 Å². The van der Waals surface area contributed by atoms with Gasteiger partial charge in [-0.25, -0.2) is 0 Å². The van der Waals surface area contributed by atoms with Gasteiger partial charge in [-0.05, 0) is 37.5 Å². The molecule has 1 aliphatic heterocycles. The second-order valence-corrected chi connectivity index (χ2v) is 7.05. The van der Waals surface area contributed by atoms with E-state index < -0.39 is 11.7 Å². The number of benzene rings is 1. The van der Waals surface area contributed by atoms with E-state index in [4.69, 9.17) is 4.52 Å². The van der Waals surface area contributed by atoms with E-state index in [1.54, 1.807) is 6.07 Å². The number of alkyl halides is 3. The van der Waals surface area contributed by atoms with Crippen LogP contribution < -0.4 is 4.90 Å². The fraction of sp³-hybridized carbons (Fsp3) is 0.526. The van der Waals surface area contributed by atoms with E-state index in [9.17, 15) is 13.2 Å². The number of hydrogen-bond acceptors (Lipinski definition) is 4. The summed E-state index contributed by atoms with van der Waals surface area (Å²) >= 11 is 0. The number of nitrogens with zero attached hydrogens (tertiary/aromatic N) is 3. The van der Waals surface area contributed by atoms with Crippen LogP contribution >= 0.6 is 0 Å². The van der Waals surface area contributed by atoms with Gasteiger partial charge in [0.1, 0.15) is 11.5 Å². The highest BCUT2D eigenvalue weighted by Gasteiger charge is 2.31. The summed E-state index contributed by atoms with van der Waals surface area (Å²) < 4.78 is 44.2. The Morgan fingerprint density at radius 2 is 1.81 bits per heavy atom. The van der Waals surface area contributed by atoms with E-state index in [0.717, 1.165) is 56.4 Å². The minimum atomic E-state index is -4.30. The van der Waals surface area contributed by atoms with Gasteiger partial charge in [0, 0.05) is 50.4 Å². The number of aromatic nitrogens is 1. The normalized spacial score (nSPS) is 18.8. The lowest BCUT2D eigenvalue weighted by Crippen LogP contribution is -2.46. The number of hydrogen-bond donors (Lipinski definition) is 0. The molecule has 140 valence electrons. The first-order valence-corrected chi connectivity index (χ1v) is 9.11. The standard InChI is InChI=1S/C19H22F3N3O/c20-19(21,22)14-4-3-5-15(12-14)25-10-8-24(9-11-25)13-17-16-6-1-2-7-18(16)26-23-17/h3-5,12H,1-2,6-11,13H2. The van der Waals surface area contributed by atoms with Crippen LogP contribution in [0.2, 0.25) is 0 Å². The zero-order valence-corrected chi connectivity index (χ0v) is 14.6. The van der Waals surface area contributed by atoms with Gasteiger partial charge in [-0.2, -0.15) is 13.2 Å². The average Bonchev–Trinajstić information content (AvgIpc) is 3.05. The molecular weight excluding hydrogens is 343 g/mol. The van der Waals surface area contributed by atoms with E-state index >= 15 is 0 Å². The highest BCUT2D eigenvalue weighted by Crippen LogP contribution is 2.32. The fourth-order valence-corrected chi connectivity index (χ4v) is 3.83. The van der Waals surface area contributed by atoms with Crippen molar-refractivity contribution >= 4 is 5.69 Å².